The lowest BCUT2D eigenvalue weighted by atomic mass is 9.70. The van der Waals surface area contributed by atoms with E-state index in [1.54, 1.807) is 0 Å². The average molecular weight is 609 g/mol. The van der Waals surface area contributed by atoms with Crippen molar-refractivity contribution in [2.24, 2.45) is 0 Å². The summed E-state index contributed by atoms with van der Waals surface area (Å²) in [5, 5.41) is 2.37. The Morgan fingerprint density at radius 3 is 1.62 bits per heavy atom. The number of hydrogen-bond acceptors (Lipinski definition) is 1. The molecule has 2 aromatic heterocycles. The summed E-state index contributed by atoms with van der Waals surface area (Å²) in [4.78, 5) is 5.17. The van der Waals surface area contributed by atoms with Crippen molar-refractivity contribution < 1.29 is 0 Å². The largest absolute Gasteiger partial charge is 0.298 e. The monoisotopic (exact) mass is 608 g/mol. The second-order valence-corrected chi connectivity index (χ2v) is 13.1. The maximum Gasteiger partial charge on any atom is 0.145 e. The molecule has 0 bridgehead atoms. The molecule has 2 nitrogen and oxygen atoms in total. The first-order chi connectivity index (χ1) is 23.8. The molecule has 0 unspecified atom stereocenters. The molecule has 0 saturated heterocycles. The Kier molecular flexibility index (Phi) is 5.07. The van der Waals surface area contributed by atoms with Crippen LogP contribution >= 0.6 is 0 Å². The molecule has 0 saturated carbocycles. The van der Waals surface area contributed by atoms with E-state index >= 15 is 0 Å². The van der Waals surface area contributed by atoms with Crippen LogP contribution in [0.2, 0.25) is 0 Å². The number of pyridine rings is 1. The van der Waals surface area contributed by atoms with Gasteiger partial charge in [-0.3, -0.25) is 4.40 Å². The van der Waals surface area contributed by atoms with Gasteiger partial charge in [-0.1, -0.05) is 146 Å². The first-order valence-corrected chi connectivity index (χ1v) is 16.6. The molecule has 0 amide bonds. The number of aromatic nitrogens is 2. The smallest absolute Gasteiger partial charge is 0.145 e. The second kappa shape index (κ2) is 9.40. The minimum Gasteiger partial charge on any atom is -0.298 e. The zero-order valence-corrected chi connectivity index (χ0v) is 26.1. The van der Waals surface area contributed by atoms with Gasteiger partial charge in [-0.05, 0) is 84.8 Å². The van der Waals surface area contributed by atoms with Crippen molar-refractivity contribution in [1.82, 2.24) is 9.38 Å². The predicted molar refractivity (Wildman–Crippen MR) is 197 cm³/mol. The Balaban J connectivity index is 1.16. The predicted octanol–water partition coefficient (Wildman–Crippen LogP) is 11.3. The van der Waals surface area contributed by atoms with E-state index in [1.807, 2.05) is 0 Å². The fraction of sp³-hybridized carbons (Fsp3) is 0.0217. The van der Waals surface area contributed by atoms with Crippen molar-refractivity contribution in [2.75, 3.05) is 0 Å². The zero-order valence-electron chi connectivity index (χ0n) is 26.1. The van der Waals surface area contributed by atoms with Gasteiger partial charge in [-0.2, -0.15) is 0 Å². The first kappa shape index (κ1) is 25.9. The van der Waals surface area contributed by atoms with Crippen molar-refractivity contribution in [2.45, 2.75) is 5.41 Å². The Hall–Kier alpha value is -6.25. The summed E-state index contributed by atoms with van der Waals surface area (Å²) in [5.41, 5.74) is 18.3. The second-order valence-electron chi connectivity index (χ2n) is 13.1. The molecule has 1 spiro atoms. The number of imidazole rings is 1. The quantitative estimate of drug-likeness (QED) is 0.191. The van der Waals surface area contributed by atoms with Gasteiger partial charge in [-0.15, -0.1) is 0 Å². The standard InChI is InChI=1S/C46H28N2/c1-2-12-29(13-3-1)38-28-48-44-27-31(23-25-43(44)47-45(48)37-18-5-4-14-32(37)38)30-22-24-36-35-17-8-11-21-41(35)46(42(36)26-30)39-19-9-6-15-33(39)34-16-7-10-20-40(34)46/h1-28H. The molecule has 0 N–H and O–H groups in total. The third-order valence-corrected chi connectivity index (χ3v) is 10.8. The third-order valence-electron chi connectivity index (χ3n) is 10.8. The molecule has 2 heteroatoms. The minimum atomic E-state index is -0.355. The molecule has 9 aromatic rings. The van der Waals surface area contributed by atoms with Crippen molar-refractivity contribution in [3.8, 4) is 44.5 Å². The molecule has 0 atom stereocenters. The molecule has 7 aromatic carbocycles. The van der Waals surface area contributed by atoms with E-state index in [1.165, 1.54) is 72.1 Å². The van der Waals surface area contributed by atoms with Crippen LogP contribution in [0.4, 0.5) is 0 Å². The SMILES string of the molecule is c1ccc(-c2cn3c4cc(-c5ccc6c(c5)C5(c7ccccc7-c7ccccc75)c5ccccc5-6)ccc4nc3c3ccccc23)cc1. The third kappa shape index (κ3) is 3.24. The van der Waals surface area contributed by atoms with Crippen LogP contribution in [0.25, 0.3) is 72.0 Å². The average Bonchev–Trinajstić information content (AvgIpc) is 3.78. The van der Waals surface area contributed by atoms with Gasteiger partial charge in [0, 0.05) is 17.1 Å². The summed E-state index contributed by atoms with van der Waals surface area (Å²) in [7, 11) is 0. The van der Waals surface area contributed by atoms with Gasteiger partial charge in [0.2, 0.25) is 0 Å². The topological polar surface area (TPSA) is 17.3 Å². The molecule has 0 aliphatic heterocycles. The number of nitrogens with zero attached hydrogens (tertiary/aromatic N) is 2. The molecule has 2 heterocycles. The summed E-state index contributed by atoms with van der Waals surface area (Å²) < 4.78 is 2.29. The molecule has 222 valence electrons. The first-order valence-electron chi connectivity index (χ1n) is 16.6. The Labute approximate surface area is 278 Å². The van der Waals surface area contributed by atoms with Crippen LogP contribution in [0.3, 0.4) is 0 Å². The van der Waals surface area contributed by atoms with E-state index in [4.69, 9.17) is 4.98 Å². The van der Waals surface area contributed by atoms with Gasteiger partial charge in [0.15, 0.2) is 0 Å². The van der Waals surface area contributed by atoms with E-state index in [0.717, 1.165) is 22.1 Å². The van der Waals surface area contributed by atoms with Gasteiger partial charge in [-0.25, -0.2) is 4.98 Å². The number of fused-ring (bicyclic) bond motifs is 15. The summed E-state index contributed by atoms with van der Waals surface area (Å²) in [6.45, 7) is 0. The van der Waals surface area contributed by atoms with Crippen molar-refractivity contribution in [1.29, 1.82) is 0 Å². The van der Waals surface area contributed by atoms with E-state index in [0.29, 0.717) is 0 Å². The highest BCUT2D eigenvalue weighted by molar-refractivity contribution is 6.06. The normalized spacial score (nSPS) is 13.6. The lowest BCUT2D eigenvalue weighted by Crippen LogP contribution is -2.25. The van der Waals surface area contributed by atoms with Gasteiger partial charge >= 0.3 is 0 Å². The summed E-state index contributed by atoms with van der Waals surface area (Å²) in [6, 6.07) is 60.2. The highest BCUT2D eigenvalue weighted by Gasteiger charge is 2.51. The van der Waals surface area contributed by atoms with E-state index < -0.39 is 0 Å². The van der Waals surface area contributed by atoms with Crippen LogP contribution in [0.1, 0.15) is 22.3 Å². The van der Waals surface area contributed by atoms with Crippen molar-refractivity contribution >= 4 is 27.5 Å². The van der Waals surface area contributed by atoms with Gasteiger partial charge in [0.05, 0.1) is 16.4 Å². The number of rotatable bonds is 2. The maximum absolute atomic E-state index is 5.17. The molecule has 2 aliphatic rings. The summed E-state index contributed by atoms with van der Waals surface area (Å²) >= 11 is 0. The summed E-state index contributed by atoms with van der Waals surface area (Å²) in [6.07, 6.45) is 2.27. The number of hydrogen-bond donors (Lipinski definition) is 0. The highest BCUT2D eigenvalue weighted by atomic mass is 15.0. The van der Waals surface area contributed by atoms with Crippen LogP contribution in [-0.4, -0.2) is 9.38 Å². The molecule has 11 rings (SSSR count). The Morgan fingerprint density at radius 2 is 0.938 bits per heavy atom. The fourth-order valence-corrected chi connectivity index (χ4v) is 8.83. The van der Waals surface area contributed by atoms with Gasteiger partial charge < -0.3 is 0 Å². The van der Waals surface area contributed by atoms with Gasteiger partial charge in [0.25, 0.3) is 0 Å². The summed E-state index contributed by atoms with van der Waals surface area (Å²) in [5.74, 6) is 0. The van der Waals surface area contributed by atoms with Crippen LogP contribution in [0, 0.1) is 0 Å². The molecule has 48 heavy (non-hydrogen) atoms. The van der Waals surface area contributed by atoms with Crippen LogP contribution in [-0.2, 0) is 5.41 Å². The van der Waals surface area contributed by atoms with Crippen molar-refractivity contribution in [3.63, 3.8) is 0 Å². The highest BCUT2D eigenvalue weighted by Crippen LogP contribution is 2.63. The lowest BCUT2D eigenvalue weighted by molar-refractivity contribution is 0.794. The Morgan fingerprint density at radius 1 is 0.396 bits per heavy atom. The minimum absolute atomic E-state index is 0.355. The van der Waals surface area contributed by atoms with Crippen LogP contribution < -0.4 is 0 Å². The lowest BCUT2D eigenvalue weighted by Gasteiger charge is -2.30. The number of benzene rings is 7. The Bertz CT molecular complexity index is 2720. The van der Waals surface area contributed by atoms with E-state index in [2.05, 4.69) is 174 Å². The maximum atomic E-state index is 5.17. The molecular weight excluding hydrogens is 581 g/mol. The fourth-order valence-electron chi connectivity index (χ4n) is 8.83. The molecule has 2 aliphatic carbocycles. The van der Waals surface area contributed by atoms with E-state index in [9.17, 15) is 0 Å². The van der Waals surface area contributed by atoms with E-state index in [-0.39, 0.29) is 5.41 Å². The van der Waals surface area contributed by atoms with Gasteiger partial charge in [0.1, 0.15) is 5.65 Å². The molecule has 0 radical (unpaired) electrons. The molecule has 0 fully saturated rings. The van der Waals surface area contributed by atoms with Crippen LogP contribution in [0.5, 0.6) is 0 Å². The zero-order chi connectivity index (χ0) is 31.4. The van der Waals surface area contributed by atoms with Crippen LogP contribution in [0.15, 0.2) is 170 Å². The van der Waals surface area contributed by atoms with Crippen molar-refractivity contribution in [3.05, 3.63) is 192 Å². The molecular formula is C46H28N2.